The molecule has 4 aromatic rings. The summed E-state index contributed by atoms with van der Waals surface area (Å²) in [5.74, 6) is 0.718. The molecule has 1 fully saturated rings. The molecule has 0 unspecified atom stereocenters. The zero-order valence-electron chi connectivity index (χ0n) is 28.8. The summed E-state index contributed by atoms with van der Waals surface area (Å²) >= 11 is 0. The average molecular weight is 686 g/mol. The van der Waals surface area contributed by atoms with Crippen molar-refractivity contribution in [3.63, 3.8) is 0 Å². The molecular weight excluding hydrogens is 643 g/mol. The topological polar surface area (TPSA) is 139 Å². The molecular formula is C36H43N7O5S. The molecule has 12 nitrogen and oxygen atoms in total. The summed E-state index contributed by atoms with van der Waals surface area (Å²) in [6, 6.07) is 19.1. The van der Waals surface area contributed by atoms with E-state index in [1.54, 1.807) is 24.3 Å². The fourth-order valence-corrected chi connectivity index (χ4v) is 6.40. The van der Waals surface area contributed by atoms with Crippen molar-refractivity contribution in [2.75, 3.05) is 28.4 Å². The number of carbonyl (C=O) groups is 1. The number of nitrogens with one attached hydrogen (secondary N) is 4. The Hall–Kier alpha value is -4.85. The molecule has 1 aliphatic carbocycles. The highest BCUT2D eigenvalue weighted by Crippen LogP contribution is 2.49. The molecule has 0 spiro atoms. The minimum Gasteiger partial charge on any atom is -0.492 e. The lowest BCUT2D eigenvalue weighted by Crippen LogP contribution is -2.36. The third kappa shape index (κ3) is 7.28. The smallest absolute Gasteiger partial charge is 0.255 e. The minimum absolute atomic E-state index is 0.214. The molecule has 6 rings (SSSR count). The number of imidazole rings is 1. The first-order valence-electron chi connectivity index (χ1n) is 16.0. The average Bonchev–Trinajstić information content (AvgIpc) is 3.48. The first-order valence-corrected chi connectivity index (χ1v) is 17.9. The molecule has 49 heavy (non-hydrogen) atoms. The second-order valence-electron chi connectivity index (χ2n) is 13.6. The van der Waals surface area contributed by atoms with Crippen LogP contribution in [0.4, 0.5) is 17.1 Å². The van der Waals surface area contributed by atoms with Gasteiger partial charge in [-0.05, 0) is 66.1 Å². The van der Waals surface area contributed by atoms with Crippen LogP contribution in [0.1, 0.15) is 72.2 Å². The van der Waals surface area contributed by atoms with Gasteiger partial charge in [-0.2, -0.15) is 0 Å². The highest BCUT2D eigenvalue weighted by molar-refractivity contribution is 7.92. The quantitative estimate of drug-likeness (QED) is 0.157. The third-order valence-corrected chi connectivity index (χ3v) is 9.33. The highest BCUT2D eigenvalue weighted by atomic mass is 32.2. The van der Waals surface area contributed by atoms with Crippen LogP contribution in [-0.2, 0) is 39.4 Å². The van der Waals surface area contributed by atoms with Crippen molar-refractivity contribution in [3.05, 3.63) is 107 Å². The van der Waals surface area contributed by atoms with E-state index < -0.39 is 15.6 Å². The van der Waals surface area contributed by atoms with Gasteiger partial charge in [0.25, 0.3) is 5.91 Å². The molecule has 1 aromatic heterocycles. The van der Waals surface area contributed by atoms with Gasteiger partial charge in [0, 0.05) is 12.6 Å². The predicted octanol–water partition coefficient (Wildman–Crippen LogP) is 5.69. The number of amides is 1. The van der Waals surface area contributed by atoms with Gasteiger partial charge < -0.3 is 19.4 Å². The van der Waals surface area contributed by atoms with Gasteiger partial charge in [0.1, 0.15) is 11.4 Å². The van der Waals surface area contributed by atoms with Crippen LogP contribution in [-0.4, -0.2) is 37.2 Å². The maximum atomic E-state index is 13.7. The first kappa shape index (κ1) is 34.0. The van der Waals surface area contributed by atoms with Crippen LogP contribution < -0.4 is 30.7 Å². The lowest BCUT2D eigenvalue weighted by Gasteiger charge is -2.24. The van der Waals surface area contributed by atoms with Crippen LogP contribution in [0.2, 0.25) is 0 Å². The van der Waals surface area contributed by atoms with Crippen LogP contribution in [0.3, 0.4) is 0 Å². The molecule has 13 heteroatoms. The summed E-state index contributed by atoms with van der Waals surface area (Å²) in [6.07, 6.45) is 6.66. The normalized spacial score (nSPS) is 15.4. The summed E-state index contributed by atoms with van der Waals surface area (Å²) in [4.78, 5) is 18.5. The SMILES string of the molecule is COc1c(NC(=O)c2ccc(C)c(N3C=C(c4cnc(C5(OCc6ccccc6)CC5)n4C)NN3)c2)cc(C(C)(C)C)cc1NS(C)(=O)=O. The zero-order valence-corrected chi connectivity index (χ0v) is 29.7. The zero-order chi connectivity index (χ0) is 35.1. The number of sulfonamides is 1. The van der Waals surface area contributed by atoms with Gasteiger partial charge >= 0.3 is 0 Å². The maximum absolute atomic E-state index is 13.7. The second kappa shape index (κ2) is 12.9. The Labute approximate surface area is 287 Å². The largest absolute Gasteiger partial charge is 0.492 e. The fourth-order valence-electron chi connectivity index (χ4n) is 5.85. The van der Waals surface area contributed by atoms with E-state index in [-0.39, 0.29) is 22.8 Å². The number of aromatic nitrogens is 2. The number of hydrazine groups is 2. The Morgan fingerprint density at radius 2 is 1.78 bits per heavy atom. The standard InChI is InChI=1S/C36H43N7O5S/c1-23-13-14-25(33(44)38-27-18-26(35(2,3)4)19-28(32(27)47-6)40-49(7,45)46)17-30(23)43-21-29(39-41-43)31-20-37-34(42(31)5)36(15-16-36)48-22-24-11-9-8-10-12-24/h8-14,17-21,39-41H,15-16,22H2,1-7H3,(H,38,44). The lowest BCUT2D eigenvalue weighted by atomic mass is 9.86. The van der Waals surface area contributed by atoms with Crippen molar-refractivity contribution in [1.82, 2.24) is 20.5 Å². The van der Waals surface area contributed by atoms with Gasteiger partial charge in [-0.15, -0.1) is 5.53 Å². The Balaban J connectivity index is 1.23. The molecule has 1 aliphatic heterocycles. The van der Waals surface area contributed by atoms with Gasteiger partial charge in [0.15, 0.2) is 5.75 Å². The number of ether oxygens (including phenoxy) is 2. The van der Waals surface area contributed by atoms with E-state index in [9.17, 15) is 13.2 Å². The molecule has 0 atom stereocenters. The van der Waals surface area contributed by atoms with E-state index in [0.717, 1.165) is 58.7 Å². The van der Waals surface area contributed by atoms with Crippen molar-refractivity contribution < 1.29 is 22.7 Å². The number of methoxy groups -OCH3 is 1. The molecule has 2 aliphatic rings. The minimum atomic E-state index is -3.61. The third-order valence-electron chi connectivity index (χ3n) is 8.74. The molecule has 2 heterocycles. The second-order valence-corrected chi connectivity index (χ2v) is 15.4. The van der Waals surface area contributed by atoms with Crippen LogP contribution >= 0.6 is 0 Å². The van der Waals surface area contributed by atoms with Gasteiger partial charge in [0.2, 0.25) is 10.0 Å². The van der Waals surface area contributed by atoms with Crippen molar-refractivity contribution in [2.24, 2.45) is 7.05 Å². The van der Waals surface area contributed by atoms with Crippen molar-refractivity contribution in [3.8, 4) is 5.75 Å². The molecule has 0 radical (unpaired) electrons. The van der Waals surface area contributed by atoms with Crippen molar-refractivity contribution in [2.45, 2.75) is 58.2 Å². The van der Waals surface area contributed by atoms with Crippen molar-refractivity contribution in [1.29, 1.82) is 0 Å². The Morgan fingerprint density at radius 3 is 2.43 bits per heavy atom. The van der Waals surface area contributed by atoms with Crippen LogP contribution in [0.5, 0.6) is 5.75 Å². The first-order chi connectivity index (χ1) is 23.2. The molecule has 4 N–H and O–H groups in total. The monoisotopic (exact) mass is 685 g/mol. The van der Waals surface area contributed by atoms with Crippen LogP contribution in [0.25, 0.3) is 5.70 Å². The number of benzene rings is 3. The Kier molecular flexibility index (Phi) is 8.94. The van der Waals surface area contributed by atoms with E-state index in [0.29, 0.717) is 17.9 Å². The Morgan fingerprint density at radius 1 is 1.06 bits per heavy atom. The summed E-state index contributed by atoms with van der Waals surface area (Å²) in [5, 5.41) is 4.77. The van der Waals surface area contributed by atoms with E-state index in [1.807, 2.05) is 76.4 Å². The maximum Gasteiger partial charge on any atom is 0.255 e. The van der Waals surface area contributed by atoms with Crippen LogP contribution in [0, 0.1) is 6.92 Å². The summed E-state index contributed by atoms with van der Waals surface area (Å²) in [7, 11) is -0.187. The molecule has 0 bridgehead atoms. The van der Waals surface area contributed by atoms with Gasteiger partial charge in [-0.1, -0.05) is 57.2 Å². The van der Waals surface area contributed by atoms with Gasteiger partial charge in [-0.25, -0.2) is 13.4 Å². The highest BCUT2D eigenvalue weighted by Gasteiger charge is 2.49. The summed E-state index contributed by atoms with van der Waals surface area (Å²) < 4.78 is 40.9. The number of hydrogen-bond donors (Lipinski definition) is 4. The Bertz CT molecular complexity index is 2030. The number of carbonyl (C=O) groups excluding carboxylic acids is 1. The van der Waals surface area contributed by atoms with E-state index in [4.69, 9.17) is 14.5 Å². The lowest BCUT2D eigenvalue weighted by molar-refractivity contribution is 0.00923. The van der Waals surface area contributed by atoms with Crippen LogP contribution in [0.15, 0.2) is 73.1 Å². The van der Waals surface area contributed by atoms with Crippen molar-refractivity contribution >= 4 is 38.7 Å². The number of nitrogens with zero attached hydrogens (tertiary/aromatic N) is 3. The van der Waals surface area contributed by atoms with E-state index in [2.05, 4.69) is 37.7 Å². The number of anilines is 3. The molecule has 1 saturated carbocycles. The number of aryl methyl sites for hydroxylation is 1. The van der Waals surface area contributed by atoms with E-state index >= 15 is 0 Å². The summed E-state index contributed by atoms with van der Waals surface area (Å²) in [6.45, 7) is 8.51. The molecule has 0 saturated heterocycles. The molecule has 258 valence electrons. The van der Waals surface area contributed by atoms with Gasteiger partial charge in [0.05, 0.1) is 60.8 Å². The number of rotatable bonds is 11. The number of hydrogen-bond acceptors (Lipinski definition) is 9. The van der Waals surface area contributed by atoms with Gasteiger partial charge in [-0.3, -0.25) is 20.0 Å². The summed E-state index contributed by atoms with van der Waals surface area (Å²) in [5.41, 5.74) is 12.0. The predicted molar refractivity (Wildman–Crippen MR) is 191 cm³/mol. The fraction of sp³-hybridized carbons (Fsp3) is 0.333. The molecule has 3 aromatic carbocycles. The molecule has 1 amide bonds. The van der Waals surface area contributed by atoms with E-state index in [1.165, 1.54) is 7.11 Å².